The largest absolute Gasteiger partial charge is 0.337 e. The molecule has 0 saturated carbocycles. The molecular weight excluding hydrogens is 374 g/mol. The molecule has 1 aromatic carbocycles. The summed E-state index contributed by atoms with van der Waals surface area (Å²) in [5.41, 5.74) is 2.62. The third kappa shape index (κ3) is 5.54. The maximum Gasteiger partial charge on any atom is 0.315 e. The zero-order valence-corrected chi connectivity index (χ0v) is 17.7. The predicted octanol–water partition coefficient (Wildman–Crippen LogP) is 4.37. The summed E-state index contributed by atoms with van der Waals surface area (Å²) < 4.78 is 1.32. The van der Waals surface area contributed by atoms with Crippen molar-refractivity contribution in [2.75, 3.05) is 20.6 Å². The highest BCUT2D eigenvalue weighted by Gasteiger charge is 2.16. The van der Waals surface area contributed by atoms with Crippen LogP contribution in [0.25, 0.3) is 10.1 Å². The molecule has 4 nitrogen and oxygen atoms in total. The van der Waals surface area contributed by atoms with Gasteiger partial charge in [0.15, 0.2) is 0 Å². The Morgan fingerprint density at radius 3 is 2.70 bits per heavy atom. The van der Waals surface area contributed by atoms with Gasteiger partial charge in [-0.25, -0.2) is 4.79 Å². The van der Waals surface area contributed by atoms with Gasteiger partial charge in [0.05, 0.1) is 0 Å². The molecule has 0 bridgehead atoms. The zero-order valence-electron chi connectivity index (χ0n) is 16.1. The number of thiophene rings is 2. The first-order chi connectivity index (χ1) is 13.0. The highest BCUT2D eigenvalue weighted by molar-refractivity contribution is 7.17. The Balaban J connectivity index is 1.52. The van der Waals surface area contributed by atoms with Crippen LogP contribution in [0.3, 0.4) is 0 Å². The lowest BCUT2D eigenvalue weighted by Gasteiger charge is -2.25. The third-order valence-corrected chi connectivity index (χ3v) is 6.49. The van der Waals surface area contributed by atoms with Crippen LogP contribution in [0, 0.1) is 0 Å². The summed E-state index contributed by atoms with van der Waals surface area (Å²) in [5.74, 6) is 0. The molecule has 2 heterocycles. The van der Waals surface area contributed by atoms with E-state index in [0.717, 1.165) is 12.8 Å². The predicted molar refractivity (Wildman–Crippen MR) is 117 cm³/mol. The Kier molecular flexibility index (Phi) is 6.88. The summed E-state index contributed by atoms with van der Waals surface area (Å²) >= 11 is 3.47. The minimum Gasteiger partial charge on any atom is -0.337 e. The number of urea groups is 1. The van der Waals surface area contributed by atoms with E-state index in [2.05, 4.69) is 76.1 Å². The fourth-order valence-corrected chi connectivity index (χ4v) is 4.84. The monoisotopic (exact) mass is 401 g/mol. The number of benzene rings is 1. The Labute approximate surface area is 169 Å². The second-order valence-corrected chi connectivity index (χ2v) is 8.86. The number of hydrogen-bond acceptors (Lipinski definition) is 4. The summed E-state index contributed by atoms with van der Waals surface area (Å²) in [4.78, 5) is 14.5. The summed E-state index contributed by atoms with van der Waals surface area (Å²) in [6.07, 6.45) is 1.77. The van der Waals surface area contributed by atoms with Crippen LogP contribution in [0.4, 0.5) is 4.79 Å². The third-order valence-electron chi connectivity index (χ3n) is 4.74. The number of rotatable bonds is 8. The van der Waals surface area contributed by atoms with Crippen molar-refractivity contribution in [3.05, 3.63) is 57.6 Å². The molecule has 0 aliphatic carbocycles. The normalized spacial score (nSPS) is 13.6. The van der Waals surface area contributed by atoms with Crippen LogP contribution in [-0.2, 0) is 12.8 Å². The molecule has 0 aliphatic heterocycles. The standard InChI is InChI=1S/C21H27N3OS2/c1-15(10-16-8-9-26-13-16)23-21(25)22-12-18(24(2)3)11-17-14-27-20-7-5-4-6-19(17)20/h4-9,13-15,18H,10-12H2,1-3H3,(H2,22,23,25)/t15-,18+/m1/s1. The van der Waals surface area contributed by atoms with Crippen molar-refractivity contribution in [1.82, 2.24) is 15.5 Å². The second kappa shape index (κ2) is 9.35. The fourth-order valence-electron chi connectivity index (χ4n) is 3.18. The Hall–Kier alpha value is -1.89. The molecule has 0 fully saturated rings. The van der Waals surface area contributed by atoms with E-state index in [-0.39, 0.29) is 18.1 Å². The van der Waals surface area contributed by atoms with Crippen LogP contribution in [0.2, 0.25) is 0 Å². The van der Waals surface area contributed by atoms with Gasteiger partial charge in [0.2, 0.25) is 0 Å². The van der Waals surface area contributed by atoms with E-state index in [1.54, 1.807) is 22.7 Å². The molecule has 2 N–H and O–H groups in total. The van der Waals surface area contributed by atoms with Crippen molar-refractivity contribution >= 4 is 38.8 Å². The van der Waals surface area contributed by atoms with Gasteiger partial charge in [-0.15, -0.1) is 11.3 Å². The molecule has 6 heteroatoms. The molecule has 27 heavy (non-hydrogen) atoms. The van der Waals surface area contributed by atoms with E-state index < -0.39 is 0 Å². The molecule has 0 spiro atoms. The summed E-state index contributed by atoms with van der Waals surface area (Å²) in [5, 5.41) is 13.8. The minimum atomic E-state index is -0.0974. The SMILES string of the molecule is C[C@H](Cc1ccsc1)NC(=O)NC[C@H](Cc1csc2ccccc12)N(C)C. The van der Waals surface area contributed by atoms with Gasteiger partial charge in [-0.1, -0.05) is 18.2 Å². The van der Waals surface area contributed by atoms with Gasteiger partial charge in [0.25, 0.3) is 0 Å². The molecular formula is C21H27N3OS2. The average Bonchev–Trinajstić information content (AvgIpc) is 3.28. The quantitative estimate of drug-likeness (QED) is 0.589. The van der Waals surface area contributed by atoms with Crippen LogP contribution in [0.5, 0.6) is 0 Å². The smallest absolute Gasteiger partial charge is 0.315 e. The van der Waals surface area contributed by atoms with Crippen LogP contribution in [-0.4, -0.2) is 43.7 Å². The molecule has 3 aromatic rings. The van der Waals surface area contributed by atoms with E-state index in [1.165, 1.54) is 21.2 Å². The van der Waals surface area contributed by atoms with E-state index in [0.29, 0.717) is 6.54 Å². The number of amides is 2. The van der Waals surface area contributed by atoms with Crippen LogP contribution in [0.15, 0.2) is 46.5 Å². The van der Waals surface area contributed by atoms with E-state index in [9.17, 15) is 4.79 Å². The van der Waals surface area contributed by atoms with Gasteiger partial charge >= 0.3 is 6.03 Å². The number of hydrogen-bond donors (Lipinski definition) is 2. The van der Waals surface area contributed by atoms with E-state index in [4.69, 9.17) is 0 Å². The van der Waals surface area contributed by atoms with Gasteiger partial charge in [-0.2, -0.15) is 11.3 Å². The zero-order chi connectivity index (χ0) is 19.2. The van der Waals surface area contributed by atoms with Gasteiger partial charge in [0, 0.05) is 23.3 Å². The summed E-state index contributed by atoms with van der Waals surface area (Å²) in [7, 11) is 4.13. The Morgan fingerprint density at radius 1 is 1.15 bits per heavy atom. The summed E-state index contributed by atoms with van der Waals surface area (Å²) in [6, 6.07) is 10.9. The van der Waals surface area contributed by atoms with Gasteiger partial charge in [0.1, 0.15) is 0 Å². The number of carbonyl (C=O) groups is 1. The topological polar surface area (TPSA) is 44.4 Å². The van der Waals surface area contributed by atoms with Crippen LogP contribution in [0.1, 0.15) is 18.1 Å². The van der Waals surface area contributed by atoms with Gasteiger partial charge in [-0.3, -0.25) is 0 Å². The second-order valence-electron chi connectivity index (χ2n) is 7.17. The van der Waals surface area contributed by atoms with Crippen LogP contribution < -0.4 is 10.6 Å². The highest BCUT2D eigenvalue weighted by atomic mass is 32.1. The number of carbonyl (C=O) groups excluding carboxylic acids is 1. The van der Waals surface area contributed by atoms with Crippen molar-refractivity contribution in [2.45, 2.75) is 31.8 Å². The van der Waals surface area contributed by atoms with Crippen molar-refractivity contribution in [2.24, 2.45) is 0 Å². The lowest BCUT2D eigenvalue weighted by Crippen LogP contribution is -2.47. The number of fused-ring (bicyclic) bond motifs is 1. The van der Waals surface area contributed by atoms with Crippen molar-refractivity contribution < 1.29 is 4.79 Å². The van der Waals surface area contributed by atoms with Crippen molar-refractivity contribution in [1.29, 1.82) is 0 Å². The van der Waals surface area contributed by atoms with E-state index >= 15 is 0 Å². The van der Waals surface area contributed by atoms with E-state index in [1.807, 2.05) is 6.92 Å². The first-order valence-corrected chi connectivity index (χ1v) is 11.0. The molecule has 3 rings (SSSR count). The lowest BCUT2D eigenvalue weighted by atomic mass is 10.0. The number of nitrogens with one attached hydrogen (secondary N) is 2. The van der Waals surface area contributed by atoms with Crippen molar-refractivity contribution in [3.8, 4) is 0 Å². The van der Waals surface area contributed by atoms with Crippen molar-refractivity contribution in [3.63, 3.8) is 0 Å². The molecule has 2 aromatic heterocycles. The Bertz CT molecular complexity index is 857. The first-order valence-electron chi connectivity index (χ1n) is 9.20. The van der Waals surface area contributed by atoms with Gasteiger partial charge < -0.3 is 15.5 Å². The molecule has 144 valence electrons. The fraction of sp³-hybridized carbons (Fsp3) is 0.381. The Morgan fingerprint density at radius 2 is 1.96 bits per heavy atom. The highest BCUT2D eigenvalue weighted by Crippen LogP contribution is 2.27. The number of nitrogens with zero attached hydrogens (tertiary/aromatic N) is 1. The maximum atomic E-state index is 12.3. The van der Waals surface area contributed by atoms with Crippen LogP contribution >= 0.6 is 22.7 Å². The maximum absolute atomic E-state index is 12.3. The lowest BCUT2D eigenvalue weighted by molar-refractivity contribution is 0.229. The molecule has 0 radical (unpaired) electrons. The molecule has 2 amide bonds. The molecule has 0 aliphatic rings. The first kappa shape index (κ1) is 19.9. The summed E-state index contributed by atoms with van der Waals surface area (Å²) in [6.45, 7) is 2.66. The molecule has 0 saturated heterocycles. The van der Waals surface area contributed by atoms with Gasteiger partial charge in [-0.05, 0) is 78.6 Å². The molecule has 2 atom stereocenters. The molecule has 0 unspecified atom stereocenters. The minimum absolute atomic E-state index is 0.0974. The number of likely N-dealkylation sites (N-methyl/N-ethyl adjacent to an activating group) is 1. The average molecular weight is 402 g/mol.